The minimum atomic E-state index is 0.184. The van der Waals surface area contributed by atoms with Crippen molar-refractivity contribution in [2.24, 2.45) is 4.99 Å². The third-order valence-corrected chi connectivity index (χ3v) is 1.43. The number of rotatable bonds is 2. The molecule has 0 unspecified atom stereocenters. The highest BCUT2D eigenvalue weighted by atomic mass is 35.5. The maximum absolute atomic E-state index is 5.64. The summed E-state index contributed by atoms with van der Waals surface area (Å²) in [5, 5.41) is 0.184. The minimum Gasteiger partial charge on any atom is -0.469 e. The van der Waals surface area contributed by atoms with Crippen molar-refractivity contribution in [3.05, 3.63) is 30.3 Å². The van der Waals surface area contributed by atoms with Gasteiger partial charge in [-0.15, -0.1) is 0 Å². The number of hydrogen-bond donors (Lipinski definition) is 0. The van der Waals surface area contributed by atoms with E-state index in [4.69, 9.17) is 16.3 Å². The highest BCUT2D eigenvalue weighted by Crippen LogP contribution is 2.11. The van der Waals surface area contributed by atoms with Gasteiger partial charge in [0.1, 0.15) is 0 Å². The number of hydrogen-bond acceptors (Lipinski definition) is 2. The Hall–Kier alpha value is -1.02. The van der Waals surface area contributed by atoms with Crippen LogP contribution in [-0.4, -0.2) is 12.0 Å². The fourth-order valence-electron chi connectivity index (χ4n) is 0.755. The van der Waals surface area contributed by atoms with Gasteiger partial charge < -0.3 is 4.74 Å². The Labute approximate surface area is 76.8 Å². The zero-order valence-electron chi connectivity index (χ0n) is 6.83. The van der Waals surface area contributed by atoms with Crippen LogP contribution in [0, 0.1) is 0 Å². The average Bonchev–Trinajstić information content (AvgIpc) is 2.06. The third-order valence-electron chi connectivity index (χ3n) is 1.24. The summed E-state index contributed by atoms with van der Waals surface area (Å²) in [5.41, 5.74) is 0.802. The zero-order valence-corrected chi connectivity index (χ0v) is 7.58. The number of halogens is 1. The van der Waals surface area contributed by atoms with Crippen LogP contribution in [0.2, 0.25) is 0 Å². The molecular formula is C9H10ClNO. The Morgan fingerprint density at radius 1 is 1.42 bits per heavy atom. The third kappa shape index (κ3) is 2.93. The van der Waals surface area contributed by atoms with E-state index >= 15 is 0 Å². The van der Waals surface area contributed by atoms with E-state index in [2.05, 4.69) is 4.99 Å². The molecule has 0 atom stereocenters. The predicted octanol–water partition coefficient (Wildman–Crippen LogP) is 2.95. The van der Waals surface area contributed by atoms with E-state index in [1.54, 1.807) is 0 Å². The van der Waals surface area contributed by atoms with Crippen molar-refractivity contribution in [2.75, 3.05) is 6.61 Å². The monoisotopic (exact) mass is 183 g/mol. The number of para-hydroxylation sites is 1. The van der Waals surface area contributed by atoms with E-state index in [0.29, 0.717) is 6.61 Å². The highest BCUT2D eigenvalue weighted by molar-refractivity contribution is 6.63. The van der Waals surface area contributed by atoms with Crippen LogP contribution < -0.4 is 0 Å². The highest BCUT2D eigenvalue weighted by Gasteiger charge is 1.92. The molecule has 0 radical (unpaired) electrons. The normalized spacial score (nSPS) is 11.3. The lowest BCUT2D eigenvalue weighted by atomic mass is 10.3. The van der Waals surface area contributed by atoms with Crippen molar-refractivity contribution < 1.29 is 4.74 Å². The topological polar surface area (TPSA) is 21.6 Å². The predicted molar refractivity (Wildman–Crippen MR) is 51.0 cm³/mol. The van der Waals surface area contributed by atoms with Crippen LogP contribution >= 0.6 is 11.6 Å². The van der Waals surface area contributed by atoms with Crippen molar-refractivity contribution in [1.82, 2.24) is 0 Å². The summed E-state index contributed by atoms with van der Waals surface area (Å²) >= 11 is 5.64. The van der Waals surface area contributed by atoms with Crippen LogP contribution in [0.25, 0.3) is 0 Å². The smallest absolute Gasteiger partial charge is 0.287 e. The molecule has 0 N–H and O–H groups in total. The first kappa shape index (κ1) is 9.07. The molecule has 0 bridgehead atoms. The van der Waals surface area contributed by atoms with E-state index in [1.807, 2.05) is 37.3 Å². The molecule has 1 aromatic carbocycles. The molecule has 1 rings (SSSR count). The van der Waals surface area contributed by atoms with E-state index in [1.165, 1.54) is 0 Å². The summed E-state index contributed by atoms with van der Waals surface area (Å²) in [4.78, 5) is 4.01. The van der Waals surface area contributed by atoms with Gasteiger partial charge in [-0.05, 0) is 30.7 Å². The van der Waals surface area contributed by atoms with E-state index in [0.717, 1.165) is 5.69 Å². The number of benzene rings is 1. The van der Waals surface area contributed by atoms with Crippen LogP contribution in [0.1, 0.15) is 6.92 Å². The molecule has 0 aliphatic carbocycles. The molecule has 2 nitrogen and oxygen atoms in total. The summed E-state index contributed by atoms with van der Waals surface area (Å²) in [6.07, 6.45) is 0. The van der Waals surface area contributed by atoms with Gasteiger partial charge in [0, 0.05) is 0 Å². The first-order valence-corrected chi connectivity index (χ1v) is 4.12. The van der Waals surface area contributed by atoms with Crippen LogP contribution in [0.5, 0.6) is 0 Å². The zero-order chi connectivity index (χ0) is 8.81. The van der Waals surface area contributed by atoms with Gasteiger partial charge in [-0.2, -0.15) is 0 Å². The van der Waals surface area contributed by atoms with Crippen LogP contribution in [-0.2, 0) is 4.74 Å². The number of nitrogens with zero attached hydrogens (tertiary/aromatic N) is 1. The second-order valence-electron chi connectivity index (χ2n) is 2.13. The molecule has 12 heavy (non-hydrogen) atoms. The Kier molecular flexibility index (Phi) is 3.61. The molecule has 0 amide bonds. The molecule has 0 aliphatic rings. The van der Waals surface area contributed by atoms with Gasteiger partial charge in [0.2, 0.25) is 0 Å². The van der Waals surface area contributed by atoms with Gasteiger partial charge in [-0.3, -0.25) is 0 Å². The van der Waals surface area contributed by atoms with E-state index in [9.17, 15) is 0 Å². The maximum Gasteiger partial charge on any atom is 0.287 e. The molecule has 0 spiro atoms. The molecular weight excluding hydrogens is 174 g/mol. The molecule has 3 heteroatoms. The molecule has 0 fully saturated rings. The summed E-state index contributed by atoms with van der Waals surface area (Å²) < 4.78 is 4.96. The first-order chi connectivity index (χ1) is 5.83. The quantitative estimate of drug-likeness (QED) is 0.510. The summed E-state index contributed by atoms with van der Waals surface area (Å²) in [7, 11) is 0. The Morgan fingerprint density at radius 3 is 2.67 bits per heavy atom. The van der Waals surface area contributed by atoms with Gasteiger partial charge >= 0.3 is 0 Å². The standard InChI is InChI=1S/C9H10ClNO/c1-2-12-9(10)11-8-6-4-3-5-7-8/h3-7H,2H2,1H3. The lowest BCUT2D eigenvalue weighted by Crippen LogP contribution is -1.93. The fraction of sp³-hybridized carbons (Fsp3) is 0.222. The van der Waals surface area contributed by atoms with Crippen LogP contribution in [0.3, 0.4) is 0 Å². The molecule has 0 heterocycles. The lowest BCUT2D eigenvalue weighted by Gasteiger charge is -1.97. The van der Waals surface area contributed by atoms with Gasteiger partial charge in [0.05, 0.1) is 12.3 Å². The number of ether oxygens (including phenoxy) is 1. The van der Waals surface area contributed by atoms with Gasteiger partial charge in [-0.25, -0.2) is 4.99 Å². The Balaban J connectivity index is 2.67. The Morgan fingerprint density at radius 2 is 2.08 bits per heavy atom. The second kappa shape index (κ2) is 4.78. The lowest BCUT2D eigenvalue weighted by molar-refractivity contribution is 0.337. The largest absolute Gasteiger partial charge is 0.469 e. The van der Waals surface area contributed by atoms with Crippen LogP contribution in [0.15, 0.2) is 35.3 Å². The van der Waals surface area contributed by atoms with Gasteiger partial charge in [0.15, 0.2) is 0 Å². The number of aliphatic imine (C=N–C) groups is 1. The van der Waals surface area contributed by atoms with E-state index in [-0.39, 0.29) is 5.36 Å². The van der Waals surface area contributed by atoms with Crippen molar-refractivity contribution in [1.29, 1.82) is 0 Å². The Bertz CT molecular complexity index is 258. The minimum absolute atomic E-state index is 0.184. The van der Waals surface area contributed by atoms with Crippen LogP contribution in [0.4, 0.5) is 5.69 Å². The summed E-state index contributed by atoms with van der Waals surface area (Å²) in [6.45, 7) is 2.40. The molecule has 64 valence electrons. The molecule has 1 aromatic rings. The van der Waals surface area contributed by atoms with Gasteiger partial charge in [-0.1, -0.05) is 18.2 Å². The first-order valence-electron chi connectivity index (χ1n) is 3.75. The maximum atomic E-state index is 5.64. The average molecular weight is 184 g/mol. The molecule has 0 aliphatic heterocycles. The van der Waals surface area contributed by atoms with Crippen molar-refractivity contribution in [2.45, 2.75) is 6.92 Å². The molecule has 0 saturated carbocycles. The summed E-state index contributed by atoms with van der Waals surface area (Å²) in [6, 6.07) is 9.44. The summed E-state index contributed by atoms with van der Waals surface area (Å²) in [5.74, 6) is 0. The van der Waals surface area contributed by atoms with E-state index < -0.39 is 0 Å². The fourth-order valence-corrected chi connectivity index (χ4v) is 0.962. The van der Waals surface area contributed by atoms with Crippen molar-refractivity contribution in [3.8, 4) is 0 Å². The van der Waals surface area contributed by atoms with Crippen molar-refractivity contribution >= 4 is 22.6 Å². The van der Waals surface area contributed by atoms with Crippen molar-refractivity contribution in [3.63, 3.8) is 0 Å². The molecule has 0 aromatic heterocycles. The molecule has 0 saturated heterocycles. The SMILES string of the molecule is CCOC(Cl)=Nc1ccccc1. The van der Waals surface area contributed by atoms with Gasteiger partial charge in [0.25, 0.3) is 5.36 Å². The second-order valence-corrected chi connectivity index (χ2v) is 2.46.